The van der Waals surface area contributed by atoms with Gasteiger partial charge in [-0.25, -0.2) is 18.5 Å². The topological polar surface area (TPSA) is 118 Å². The maximum absolute atomic E-state index is 13.4. The number of carbonyl (C=O) groups is 3. The molecule has 1 aromatic carbocycles. The molecule has 1 aromatic rings. The first kappa shape index (κ1) is 21.0. The molecule has 4 rings (SSSR count). The molecule has 30 heavy (non-hydrogen) atoms. The van der Waals surface area contributed by atoms with E-state index < -0.39 is 27.9 Å². The number of nitrogens with zero attached hydrogens (tertiary/aromatic N) is 2. The number of nitrogens with two attached hydrogens (primary N) is 1. The Hall–Kier alpha value is -2.26. The highest BCUT2D eigenvalue weighted by Gasteiger charge is 2.70. The Bertz CT molecular complexity index is 1030. The minimum Gasteiger partial charge on any atom is -0.327 e. The largest absolute Gasteiger partial charge is 0.327 e. The molecule has 1 atom stereocenters. The molecule has 1 heterocycles. The number of hydrogen-bond acceptors (Lipinski definition) is 5. The van der Waals surface area contributed by atoms with E-state index in [0.29, 0.717) is 0 Å². The van der Waals surface area contributed by atoms with E-state index in [0.717, 1.165) is 17.7 Å². The van der Waals surface area contributed by atoms with Crippen molar-refractivity contribution in [3.63, 3.8) is 0 Å². The van der Waals surface area contributed by atoms with E-state index in [1.54, 1.807) is 4.90 Å². The Balaban J connectivity index is 1.60. The number of amides is 3. The third-order valence-electron chi connectivity index (χ3n) is 7.34. The molecule has 3 fully saturated rings. The lowest BCUT2D eigenvalue weighted by atomic mass is 10.0. The summed E-state index contributed by atoms with van der Waals surface area (Å²) in [4.78, 5) is 41.9. The van der Waals surface area contributed by atoms with Crippen LogP contribution in [-0.2, 0) is 24.4 Å². The second kappa shape index (κ2) is 6.37. The minimum absolute atomic E-state index is 0.00356. The second-order valence-electron chi connectivity index (χ2n) is 9.68. The van der Waals surface area contributed by atoms with E-state index in [9.17, 15) is 22.8 Å². The van der Waals surface area contributed by atoms with E-state index in [-0.39, 0.29) is 45.7 Å². The summed E-state index contributed by atoms with van der Waals surface area (Å²) in [5.41, 5.74) is -0.0479. The van der Waals surface area contributed by atoms with Crippen LogP contribution in [0.2, 0.25) is 0 Å². The normalized spacial score (nSPS) is 25.5. The van der Waals surface area contributed by atoms with Crippen LogP contribution in [0, 0.1) is 16.7 Å². The van der Waals surface area contributed by atoms with Gasteiger partial charge in [-0.3, -0.25) is 14.4 Å². The Morgan fingerprint density at radius 1 is 1.07 bits per heavy atom. The van der Waals surface area contributed by atoms with Gasteiger partial charge in [0.1, 0.15) is 6.04 Å². The van der Waals surface area contributed by atoms with Crippen LogP contribution in [0.15, 0.2) is 29.2 Å². The lowest BCUT2D eigenvalue weighted by molar-refractivity contribution is -0.141. The lowest BCUT2D eigenvalue weighted by Crippen LogP contribution is -2.48. The molecule has 0 bridgehead atoms. The van der Waals surface area contributed by atoms with Crippen LogP contribution in [-0.4, -0.2) is 43.1 Å². The molecule has 0 spiro atoms. The van der Waals surface area contributed by atoms with Gasteiger partial charge in [0.25, 0.3) is 5.91 Å². The van der Waals surface area contributed by atoms with E-state index in [2.05, 4.69) is 27.7 Å². The standard InChI is InChI=1S/C21H27N3O5S/c1-20(2)17(21(20,3)4)19(27)23(12-5-6-12)15-11-16(25)24(18(15)26)13-7-9-14(10-8-13)30(22,28)29/h7-10,12,15,17H,5-6,11H2,1-4H3,(H2,22,28,29). The molecular weight excluding hydrogens is 406 g/mol. The van der Waals surface area contributed by atoms with Crippen LogP contribution in [0.4, 0.5) is 5.69 Å². The quantitative estimate of drug-likeness (QED) is 0.708. The van der Waals surface area contributed by atoms with Crippen molar-refractivity contribution in [1.29, 1.82) is 0 Å². The number of benzene rings is 1. The fourth-order valence-corrected chi connectivity index (χ4v) is 5.31. The van der Waals surface area contributed by atoms with Gasteiger partial charge in [-0.1, -0.05) is 27.7 Å². The first-order valence-corrected chi connectivity index (χ1v) is 11.6. The molecule has 2 N–H and O–H groups in total. The second-order valence-corrected chi connectivity index (χ2v) is 11.2. The van der Waals surface area contributed by atoms with Gasteiger partial charge in [0.05, 0.1) is 17.0 Å². The molecule has 2 saturated carbocycles. The van der Waals surface area contributed by atoms with Gasteiger partial charge < -0.3 is 4.90 Å². The highest BCUT2D eigenvalue weighted by atomic mass is 32.2. The fraction of sp³-hybridized carbons (Fsp3) is 0.571. The number of hydrogen-bond donors (Lipinski definition) is 1. The number of anilines is 1. The molecule has 1 saturated heterocycles. The van der Waals surface area contributed by atoms with E-state index in [4.69, 9.17) is 5.14 Å². The van der Waals surface area contributed by atoms with Crippen LogP contribution in [0.5, 0.6) is 0 Å². The van der Waals surface area contributed by atoms with E-state index in [1.165, 1.54) is 24.3 Å². The average molecular weight is 434 g/mol. The van der Waals surface area contributed by atoms with Gasteiger partial charge in [-0.2, -0.15) is 0 Å². The molecule has 3 aliphatic rings. The summed E-state index contributed by atoms with van der Waals surface area (Å²) in [7, 11) is -3.87. The summed E-state index contributed by atoms with van der Waals surface area (Å²) in [5.74, 6) is -1.08. The van der Waals surface area contributed by atoms with E-state index >= 15 is 0 Å². The molecule has 3 amide bonds. The third kappa shape index (κ3) is 3.06. The van der Waals surface area contributed by atoms with Crippen molar-refractivity contribution in [3.8, 4) is 0 Å². The van der Waals surface area contributed by atoms with Crippen molar-refractivity contribution in [1.82, 2.24) is 4.90 Å². The zero-order valence-corrected chi connectivity index (χ0v) is 18.4. The maximum atomic E-state index is 13.4. The monoisotopic (exact) mass is 433 g/mol. The fourth-order valence-electron chi connectivity index (χ4n) is 4.79. The Kier molecular flexibility index (Phi) is 4.46. The number of sulfonamides is 1. The Morgan fingerprint density at radius 3 is 2.03 bits per heavy atom. The van der Waals surface area contributed by atoms with Crippen LogP contribution in [0.3, 0.4) is 0 Å². The zero-order chi connectivity index (χ0) is 22.2. The zero-order valence-electron chi connectivity index (χ0n) is 17.6. The molecule has 1 unspecified atom stereocenters. The van der Waals surface area contributed by atoms with Gasteiger partial charge in [0.15, 0.2) is 0 Å². The lowest BCUT2D eigenvalue weighted by Gasteiger charge is -2.28. The summed E-state index contributed by atoms with van der Waals surface area (Å²) < 4.78 is 22.9. The predicted octanol–water partition coefficient (Wildman–Crippen LogP) is 1.64. The summed E-state index contributed by atoms with van der Waals surface area (Å²) in [6.45, 7) is 8.23. The van der Waals surface area contributed by atoms with Gasteiger partial charge in [0.2, 0.25) is 21.8 Å². The van der Waals surface area contributed by atoms with Crippen LogP contribution in [0.25, 0.3) is 0 Å². The first-order valence-electron chi connectivity index (χ1n) is 10.1. The first-order chi connectivity index (χ1) is 13.8. The van der Waals surface area contributed by atoms with Gasteiger partial charge in [-0.15, -0.1) is 0 Å². The van der Waals surface area contributed by atoms with Crippen molar-refractivity contribution in [2.45, 2.75) is 63.9 Å². The van der Waals surface area contributed by atoms with Gasteiger partial charge >= 0.3 is 0 Å². The minimum atomic E-state index is -3.87. The highest BCUT2D eigenvalue weighted by Crippen LogP contribution is 2.69. The van der Waals surface area contributed by atoms with Crippen LogP contribution < -0.4 is 10.0 Å². The van der Waals surface area contributed by atoms with Crippen LogP contribution in [0.1, 0.15) is 47.0 Å². The van der Waals surface area contributed by atoms with E-state index in [1.807, 2.05) is 0 Å². The van der Waals surface area contributed by atoms with Crippen molar-refractivity contribution >= 4 is 33.4 Å². The number of imide groups is 1. The molecule has 9 heteroatoms. The summed E-state index contributed by atoms with van der Waals surface area (Å²) in [6.07, 6.45) is 1.60. The molecule has 8 nitrogen and oxygen atoms in total. The SMILES string of the molecule is CC1(C)C(C(=O)N(C2CC2)C2CC(=O)N(c3ccc(S(N)(=O)=O)cc3)C2=O)C1(C)C. The summed E-state index contributed by atoms with van der Waals surface area (Å²) in [5, 5.41) is 5.11. The summed E-state index contributed by atoms with van der Waals surface area (Å²) >= 11 is 0. The molecule has 1 aliphatic heterocycles. The molecule has 0 aromatic heterocycles. The molecule has 162 valence electrons. The Labute approximate surface area is 176 Å². The molecular formula is C21H27N3O5S. The van der Waals surface area contributed by atoms with Gasteiger partial charge in [-0.05, 0) is 47.9 Å². The number of rotatable bonds is 5. The third-order valence-corrected chi connectivity index (χ3v) is 8.27. The highest BCUT2D eigenvalue weighted by molar-refractivity contribution is 7.89. The van der Waals surface area contributed by atoms with Crippen molar-refractivity contribution in [2.75, 3.05) is 4.90 Å². The van der Waals surface area contributed by atoms with Crippen molar-refractivity contribution in [3.05, 3.63) is 24.3 Å². The summed E-state index contributed by atoms with van der Waals surface area (Å²) in [6, 6.07) is 4.47. The smallest absolute Gasteiger partial charge is 0.257 e. The maximum Gasteiger partial charge on any atom is 0.257 e. The van der Waals surface area contributed by atoms with Gasteiger partial charge in [0, 0.05) is 12.0 Å². The number of primary sulfonamides is 1. The Morgan fingerprint density at radius 2 is 1.60 bits per heavy atom. The van der Waals surface area contributed by atoms with Crippen LogP contribution >= 0.6 is 0 Å². The van der Waals surface area contributed by atoms with Crippen molar-refractivity contribution < 1.29 is 22.8 Å². The molecule has 2 aliphatic carbocycles. The number of carbonyl (C=O) groups excluding carboxylic acids is 3. The average Bonchev–Trinajstić information content (AvgIpc) is 3.48. The molecule has 0 radical (unpaired) electrons. The predicted molar refractivity (Wildman–Crippen MR) is 110 cm³/mol. The van der Waals surface area contributed by atoms with Crippen molar-refractivity contribution in [2.24, 2.45) is 21.9 Å².